The molecule has 1 aliphatic rings. The van der Waals surface area contributed by atoms with E-state index < -0.39 is 9.84 Å². The Morgan fingerprint density at radius 2 is 1.90 bits per heavy atom. The summed E-state index contributed by atoms with van der Waals surface area (Å²) in [6, 6.07) is 8.88. The molecule has 168 valence electrons. The van der Waals surface area contributed by atoms with E-state index in [-0.39, 0.29) is 18.1 Å². The van der Waals surface area contributed by atoms with Gasteiger partial charge in [-0.3, -0.25) is 4.79 Å². The smallest absolute Gasteiger partial charge is 0.226 e. The van der Waals surface area contributed by atoms with Gasteiger partial charge in [-0.05, 0) is 31.2 Å². The Bertz CT molecular complexity index is 989. The number of hydrogen-bond acceptors (Lipinski definition) is 8. The lowest BCUT2D eigenvalue weighted by molar-refractivity contribution is -0.117. The van der Waals surface area contributed by atoms with Gasteiger partial charge in [0.1, 0.15) is 5.82 Å². The molecule has 0 radical (unpaired) electrons. The zero-order valence-electron chi connectivity index (χ0n) is 17.8. The van der Waals surface area contributed by atoms with E-state index in [1.807, 2.05) is 6.92 Å². The number of ether oxygens (including phenoxy) is 2. The summed E-state index contributed by atoms with van der Waals surface area (Å²) in [4.78, 5) is 23.1. The van der Waals surface area contributed by atoms with Gasteiger partial charge in [-0.2, -0.15) is 0 Å². The number of carbonyl (C=O) groups excluding carboxylic acids is 1. The van der Waals surface area contributed by atoms with Gasteiger partial charge in [0.2, 0.25) is 5.91 Å². The first-order chi connectivity index (χ1) is 14.8. The molecule has 1 fully saturated rings. The molecule has 1 aliphatic heterocycles. The number of morpholine rings is 1. The number of rotatable bonds is 9. The van der Waals surface area contributed by atoms with E-state index in [1.54, 1.807) is 30.3 Å². The fourth-order valence-corrected chi connectivity index (χ4v) is 3.83. The molecular formula is C21H28N4O5S. The maximum Gasteiger partial charge on any atom is 0.226 e. The van der Waals surface area contributed by atoms with Gasteiger partial charge in [-0.25, -0.2) is 18.4 Å². The number of aromatic nitrogens is 2. The molecule has 0 atom stereocenters. The lowest BCUT2D eigenvalue weighted by Gasteiger charge is -2.28. The number of sulfone groups is 1. The van der Waals surface area contributed by atoms with Crippen LogP contribution >= 0.6 is 0 Å². The van der Waals surface area contributed by atoms with E-state index in [4.69, 9.17) is 9.47 Å². The zero-order chi connectivity index (χ0) is 22.3. The first-order valence-electron chi connectivity index (χ1n) is 10.2. The normalized spacial score (nSPS) is 14.5. The van der Waals surface area contributed by atoms with Crippen LogP contribution in [-0.4, -0.2) is 70.1 Å². The third-order valence-corrected chi connectivity index (χ3v) is 5.44. The highest BCUT2D eigenvalue weighted by atomic mass is 32.2. The van der Waals surface area contributed by atoms with Crippen molar-refractivity contribution >= 4 is 27.2 Å². The van der Waals surface area contributed by atoms with E-state index >= 15 is 0 Å². The maximum atomic E-state index is 12.0. The van der Waals surface area contributed by atoms with Gasteiger partial charge in [0.25, 0.3) is 0 Å². The van der Waals surface area contributed by atoms with Gasteiger partial charge in [0, 0.05) is 43.3 Å². The van der Waals surface area contributed by atoms with Crippen LogP contribution in [-0.2, 0) is 29.9 Å². The van der Waals surface area contributed by atoms with E-state index in [1.165, 1.54) is 6.26 Å². The molecule has 2 heterocycles. The molecule has 1 N–H and O–H groups in total. The number of nitrogens with one attached hydrogen (secondary N) is 1. The molecule has 1 amide bonds. The van der Waals surface area contributed by atoms with Crippen LogP contribution in [0.1, 0.15) is 19.0 Å². The van der Waals surface area contributed by atoms with Crippen molar-refractivity contribution in [2.75, 3.05) is 56.0 Å². The van der Waals surface area contributed by atoms with E-state index in [0.29, 0.717) is 62.5 Å². The average Bonchev–Trinajstić information content (AvgIpc) is 2.74. The molecule has 1 saturated heterocycles. The van der Waals surface area contributed by atoms with Crippen LogP contribution in [0.4, 0.5) is 11.5 Å². The summed E-state index contributed by atoms with van der Waals surface area (Å²) in [6.07, 6.45) is 1.47. The molecule has 1 aromatic heterocycles. The quantitative estimate of drug-likeness (QED) is 0.579. The number of anilines is 2. The number of carbonyl (C=O) groups is 1. The molecule has 0 aliphatic carbocycles. The first kappa shape index (κ1) is 23.1. The Kier molecular flexibility index (Phi) is 7.94. The molecule has 9 nitrogen and oxygen atoms in total. The van der Waals surface area contributed by atoms with Gasteiger partial charge >= 0.3 is 0 Å². The van der Waals surface area contributed by atoms with E-state index in [2.05, 4.69) is 20.2 Å². The van der Waals surface area contributed by atoms with E-state index in [9.17, 15) is 13.2 Å². The summed E-state index contributed by atoms with van der Waals surface area (Å²) in [5, 5.41) is 2.82. The number of nitrogens with zero attached hydrogens (tertiary/aromatic N) is 3. The molecule has 0 unspecified atom stereocenters. The number of hydrogen-bond donors (Lipinski definition) is 1. The Balaban J connectivity index is 1.81. The minimum atomic E-state index is -3.24. The van der Waals surface area contributed by atoms with Crippen LogP contribution < -0.4 is 10.2 Å². The molecule has 1 aromatic carbocycles. The summed E-state index contributed by atoms with van der Waals surface area (Å²) in [6.45, 7) is 5.40. The predicted molar refractivity (Wildman–Crippen MR) is 119 cm³/mol. The molecule has 0 saturated carbocycles. The monoisotopic (exact) mass is 448 g/mol. The lowest BCUT2D eigenvalue weighted by atomic mass is 10.2. The zero-order valence-corrected chi connectivity index (χ0v) is 18.7. The first-order valence-corrected chi connectivity index (χ1v) is 12.3. The van der Waals surface area contributed by atoms with Gasteiger partial charge in [-0.15, -0.1) is 0 Å². The van der Waals surface area contributed by atoms with Crippen molar-refractivity contribution in [2.45, 2.75) is 19.1 Å². The fourth-order valence-electron chi connectivity index (χ4n) is 3.14. The Morgan fingerprint density at radius 1 is 1.19 bits per heavy atom. The van der Waals surface area contributed by atoms with Crippen LogP contribution in [0.15, 0.2) is 30.3 Å². The van der Waals surface area contributed by atoms with Crippen LogP contribution in [0.3, 0.4) is 0 Å². The maximum absolute atomic E-state index is 12.0. The lowest BCUT2D eigenvalue weighted by Crippen LogP contribution is -2.37. The van der Waals surface area contributed by atoms with Gasteiger partial charge in [0.05, 0.1) is 37.7 Å². The second-order valence-corrected chi connectivity index (χ2v) is 9.42. The van der Waals surface area contributed by atoms with Crippen molar-refractivity contribution in [3.63, 3.8) is 0 Å². The molecule has 2 aromatic rings. The Hall–Kier alpha value is -2.56. The third kappa shape index (κ3) is 7.27. The molecule has 0 bridgehead atoms. The number of benzene rings is 1. The second kappa shape index (κ2) is 10.7. The summed E-state index contributed by atoms with van der Waals surface area (Å²) in [5.74, 6) is 0.840. The van der Waals surface area contributed by atoms with Crippen molar-refractivity contribution in [2.24, 2.45) is 0 Å². The fraction of sp³-hybridized carbons (Fsp3) is 0.476. The Labute approximate surface area is 182 Å². The van der Waals surface area contributed by atoms with Gasteiger partial charge in [-0.1, -0.05) is 0 Å². The highest BCUT2D eigenvalue weighted by Gasteiger charge is 2.17. The van der Waals surface area contributed by atoms with Crippen molar-refractivity contribution in [3.05, 3.63) is 36.0 Å². The molecule has 3 rings (SSSR count). The minimum absolute atomic E-state index is 0.123. The Morgan fingerprint density at radius 3 is 2.55 bits per heavy atom. The molecular weight excluding hydrogens is 420 g/mol. The summed E-state index contributed by atoms with van der Waals surface area (Å²) < 4.78 is 34.3. The predicted octanol–water partition coefficient (Wildman–Crippen LogP) is 1.89. The largest absolute Gasteiger partial charge is 0.381 e. The third-order valence-electron chi connectivity index (χ3n) is 4.62. The van der Waals surface area contributed by atoms with Gasteiger partial charge < -0.3 is 19.7 Å². The summed E-state index contributed by atoms with van der Waals surface area (Å²) in [7, 11) is -3.24. The topological polar surface area (TPSA) is 111 Å². The van der Waals surface area contributed by atoms with Crippen LogP contribution in [0.5, 0.6) is 0 Å². The van der Waals surface area contributed by atoms with Crippen molar-refractivity contribution in [1.29, 1.82) is 0 Å². The van der Waals surface area contributed by atoms with Gasteiger partial charge in [0.15, 0.2) is 15.7 Å². The van der Waals surface area contributed by atoms with E-state index in [0.717, 1.165) is 5.56 Å². The highest BCUT2D eigenvalue weighted by Crippen LogP contribution is 2.23. The molecule has 0 spiro atoms. The van der Waals surface area contributed by atoms with Crippen molar-refractivity contribution in [3.8, 4) is 11.4 Å². The van der Waals surface area contributed by atoms with Crippen LogP contribution in [0.2, 0.25) is 0 Å². The molecule has 10 heteroatoms. The van der Waals surface area contributed by atoms with Crippen molar-refractivity contribution in [1.82, 2.24) is 9.97 Å². The molecule has 31 heavy (non-hydrogen) atoms. The van der Waals surface area contributed by atoms with Crippen LogP contribution in [0, 0.1) is 0 Å². The number of amides is 1. The van der Waals surface area contributed by atoms with Crippen molar-refractivity contribution < 1.29 is 22.7 Å². The second-order valence-electron chi connectivity index (χ2n) is 7.28. The standard InChI is InChI=1S/C21H28N4O5S/c1-3-29-11-8-20(26)22-17-6-4-16(5-7-17)21-23-18(15-31(2,27)28)14-19(24-21)25-9-12-30-13-10-25/h4-7,14H,3,8-13,15H2,1-2H3,(H,22,26). The summed E-state index contributed by atoms with van der Waals surface area (Å²) in [5.41, 5.74) is 1.84. The average molecular weight is 449 g/mol. The highest BCUT2D eigenvalue weighted by molar-refractivity contribution is 7.89. The minimum Gasteiger partial charge on any atom is -0.381 e. The summed E-state index contributed by atoms with van der Waals surface area (Å²) >= 11 is 0. The van der Waals surface area contributed by atoms with Crippen LogP contribution in [0.25, 0.3) is 11.4 Å². The SMILES string of the molecule is CCOCCC(=O)Nc1ccc(-c2nc(CS(C)(=O)=O)cc(N3CCOCC3)n2)cc1.